The second-order valence-corrected chi connectivity index (χ2v) is 13.0. The van der Waals surface area contributed by atoms with Gasteiger partial charge in [-0.3, -0.25) is 0 Å². The molecule has 11 nitrogen and oxygen atoms in total. The van der Waals surface area contributed by atoms with Crippen molar-refractivity contribution in [3.63, 3.8) is 0 Å². The first-order valence-electron chi connectivity index (χ1n) is 13.4. The molecule has 0 aliphatic heterocycles. The van der Waals surface area contributed by atoms with Crippen LogP contribution in [-0.2, 0) is 20.2 Å². The second kappa shape index (κ2) is 15.7. The van der Waals surface area contributed by atoms with Gasteiger partial charge in [0.2, 0.25) is 0 Å². The van der Waals surface area contributed by atoms with Crippen molar-refractivity contribution in [3.05, 3.63) is 120 Å². The summed E-state index contributed by atoms with van der Waals surface area (Å²) in [7, 11) is -9.55. The molecule has 0 radical (unpaired) electrons. The number of anilines is 2. The number of hydrogen-bond donors (Lipinski definition) is 1. The summed E-state index contributed by atoms with van der Waals surface area (Å²) >= 11 is 6.15. The van der Waals surface area contributed by atoms with Gasteiger partial charge in [-0.05, 0) is 60.7 Å². The van der Waals surface area contributed by atoms with E-state index in [0.717, 1.165) is 12.1 Å². The predicted octanol–water partition coefficient (Wildman–Crippen LogP) is 3.04. The van der Waals surface area contributed by atoms with Crippen LogP contribution < -0.4 is 64.4 Å². The number of para-hydroxylation sites is 1. The first-order chi connectivity index (χ1) is 22.0. The predicted molar refractivity (Wildman–Crippen MR) is 173 cm³/mol. The van der Waals surface area contributed by atoms with E-state index in [9.17, 15) is 25.9 Å². The number of halogens is 1. The van der Waals surface area contributed by atoms with Gasteiger partial charge in [-0.1, -0.05) is 66.2 Å². The molecule has 0 aromatic heterocycles. The molecule has 230 valence electrons. The average Bonchev–Trinajstić information content (AvgIpc) is 3.03. The topological polar surface area (TPSA) is 176 Å². The summed E-state index contributed by atoms with van der Waals surface area (Å²) in [6.07, 6.45) is 0. The van der Waals surface area contributed by atoms with Gasteiger partial charge in [0.05, 0.1) is 31.9 Å². The largest absolute Gasteiger partial charge is 1.00 e. The zero-order chi connectivity index (χ0) is 32.5. The van der Waals surface area contributed by atoms with Gasteiger partial charge in [0.15, 0.2) is 0 Å². The normalized spacial score (nSPS) is 11.9. The van der Waals surface area contributed by atoms with E-state index in [1.54, 1.807) is 54.6 Å². The Morgan fingerprint density at radius 2 is 1.06 bits per heavy atom. The number of hydrogen-bond acceptors (Lipinski definition) is 11. The van der Waals surface area contributed by atoms with Crippen LogP contribution in [0.3, 0.4) is 0 Å². The summed E-state index contributed by atoms with van der Waals surface area (Å²) in [5.74, 6) is 0. The number of rotatable bonds is 8. The van der Waals surface area contributed by atoms with Crippen molar-refractivity contribution in [1.29, 1.82) is 0 Å². The molecule has 6 aromatic carbocycles. The van der Waals surface area contributed by atoms with Gasteiger partial charge in [-0.25, -0.2) is 16.8 Å². The standard InChI is InChI=1S/C32H22ClN5O6S2.2Na/c33-25-14-13-21(45(39,40)41)19-30(25)38-36-27-16-15-26(22-9-4-5-10-23(22)27)35-37-28-17-18-29(34-20-7-2-1-3-8-20)32-24(28)11-6-12-31(32)46(42,43)44;;/h1-19,34H,(H,39,40,41)(H,42,43,44);;/q;2*+1/p-2. The quantitative estimate of drug-likeness (QED) is 0.143. The number of fused-ring (bicyclic) bond motifs is 2. The molecule has 0 fully saturated rings. The van der Waals surface area contributed by atoms with Gasteiger partial charge >= 0.3 is 59.1 Å². The Balaban J connectivity index is 0.00000260. The van der Waals surface area contributed by atoms with E-state index in [1.807, 2.05) is 30.3 Å². The third-order valence-corrected chi connectivity index (χ3v) is 8.95. The molecule has 0 bridgehead atoms. The van der Waals surface area contributed by atoms with E-state index in [4.69, 9.17) is 11.6 Å². The van der Waals surface area contributed by atoms with Crippen molar-refractivity contribution in [2.24, 2.45) is 20.5 Å². The molecule has 0 amide bonds. The molecule has 0 unspecified atom stereocenters. The maximum absolute atomic E-state index is 12.2. The second-order valence-electron chi connectivity index (χ2n) is 9.87. The summed E-state index contributed by atoms with van der Waals surface area (Å²) < 4.78 is 71.0. The smallest absolute Gasteiger partial charge is 0.744 e. The van der Waals surface area contributed by atoms with Crippen molar-refractivity contribution in [1.82, 2.24) is 0 Å². The monoisotopic (exact) mass is 715 g/mol. The molecule has 48 heavy (non-hydrogen) atoms. The molecule has 0 heterocycles. The van der Waals surface area contributed by atoms with Crippen LogP contribution in [0.1, 0.15) is 0 Å². The van der Waals surface area contributed by atoms with Crippen molar-refractivity contribution >= 4 is 87.5 Å². The molecule has 1 N–H and O–H groups in total. The fourth-order valence-electron chi connectivity index (χ4n) is 4.82. The van der Waals surface area contributed by atoms with Gasteiger partial charge in [0, 0.05) is 32.9 Å². The number of benzene rings is 6. The molecule has 16 heteroatoms. The van der Waals surface area contributed by atoms with Crippen LogP contribution in [0.2, 0.25) is 5.02 Å². The van der Waals surface area contributed by atoms with Gasteiger partial charge in [0.1, 0.15) is 25.9 Å². The zero-order valence-corrected chi connectivity index (χ0v) is 31.8. The molecule has 0 spiro atoms. The Bertz CT molecular complexity index is 2430. The molecule has 6 aromatic rings. The van der Waals surface area contributed by atoms with E-state index in [-0.39, 0.29) is 80.1 Å². The number of nitrogens with zero attached hydrogens (tertiary/aromatic N) is 4. The van der Waals surface area contributed by atoms with Crippen LogP contribution >= 0.6 is 11.6 Å². The molecule has 0 saturated heterocycles. The fraction of sp³-hybridized carbons (Fsp3) is 0. The van der Waals surface area contributed by atoms with Crippen LogP contribution in [0.15, 0.2) is 146 Å². The summed E-state index contributed by atoms with van der Waals surface area (Å²) in [6, 6.07) is 30.7. The van der Waals surface area contributed by atoms with Crippen LogP contribution in [0.5, 0.6) is 0 Å². The third kappa shape index (κ3) is 8.38. The summed E-state index contributed by atoms with van der Waals surface area (Å²) in [6.45, 7) is 0. The average molecular weight is 716 g/mol. The minimum absolute atomic E-state index is 0. The minimum atomic E-state index is -4.83. The fourth-order valence-corrected chi connectivity index (χ4v) is 6.18. The number of azo groups is 2. The van der Waals surface area contributed by atoms with Gasteiger partial charge in [0.25, 0.3) is 0 Å². The maximum Gasteiger partial charge on any atom is 1.00 e. The van der Waals surface area contributed by atoms with Crippen LogP contribution in [-0.4, -0.2) is 25.9 Å². The van der Waals surface area contributed by atoms with E-state index < -0.39 is 25.1 Å². The molecular weight excluding hydrogens is 696 g/mol. The Kier molecular flexibility index (Phi) is 12.3. The van der Waals surface area contributed by atoms with Gasteiger partial charge in [-0.15, -0.1) is 20.5 Å². The first kappa shape index (κ1) is 37.8. The van der Waals surface area contributed by atoms with Crippen molar-refractivity contribution in [2.45, 2.75) is 9.79 Å². The van der Waals surface area contributed by atoms with Crippen molar-refractivity contribution < 1.29 is 85.1 Å². The van der Waals surface area contributed by atoms with E-state index >= 15 is 0 Å². The van der Waals surface area contributed by atoms with Gasteiger partial charge in [-0.2, -0.15) is 0 Å². The Morgan fingerprint density at radius 3 is 1.65 bits per heavy atom. The van der Waals surface area contributed by atoms with Crippen LogP contribution in [0.25, 0.3) is 21.5 Å². The van der Waals surface area contributed by atoms with E-state index in [0.29, 0.717) is 44.6 Å². The zero-order valence-electron chi connectivity index (χ0n) is 25.4. The molecule has 0 aliphatic rings. The maximum atomic E-state index is 12.2. The molecular formula is C32H20ClN5Na2O6S2. The summed E-state index contributed by atoms with van der Waals surface area (Å²) in [4.78, 5) is -0.873. The Labute approximate surface area is 325 Å². The minimum Gasteiger partial charge on any atom is -0.744 e. The van der Waals surface area contributed by atoms with Crippen molar-refractivity contribution in [3.8, 4) is 0 Å². The summed E-state index contributed by atoms with van der Waals surface area (Å²) in [5, 5.41) is 22.4. The SMILES string of the molecule is O=S(=O)([O-])c1ccc(Cl)c(N=Nc2ccc(N=Nc3ccc(Nc4ccccc4)c4c(S(=O)(=O)[O-])cccc34)c3ccccc23)c1.[Na+].[Na+]. The molecule has 0 saturated carbocycles. The first-order valence-corrected chi connectivity index (χ1v) is 16.6. The third-order valence-electron chi connectivity index (χ3n) is 6.92. The Morgan fingerprint density at radius 1 is 0.542 bits per heavy atom. The Hall–Kier alpha value is -3.05. The molecule has 0 atom stereocenters. The van der Waals surface area contributed by atoms with Crippen LogP contribution in [0.4, 0.5) is 34.1 Å². The summed E-state index contributed by atoms with van der Waals surface area (Å²) in [5.41, 5.74) is 2.31. The van der Waals surface area contributed by atoms with Crippen molar-refractivity contribution in [2.75, 3.05) is 5.32 Å². The molecule has 6 rings (SSSR count). The molecule has 0 aliphatic carbocycles. The van der Waals surface area contributed by atoms with Gasteiger partial charge < -0.3 is 14.4 Å². The van der Waals surface area contributed by atoms with E-state index in [1.165, 1.54) is 18.2 Å². The van der Waals surface area contributed by atoms with Crippen LogP contribution in [0, 0.1) is 0 Å². The number of nitrogens with one attached hydrogen (secondary N) is 1. The van der Waals surface area contributed by atoms with E-state index in [2.05, 4.69) is 25.8 Å².